The number of rotatable bonds is 4. The van der Waals surface area contributed by atoms with Gasteiger partial charge in [0.15, 0.2) is 0 Å². The Hall–Kier alpha value is -1.52. The number of ether oxygens (including phenoxy) is 2. The summed E-state index contributed by atoms with van der Waals surface area (Å²) in [7, 11) is 1.75. The summed E-state index contributed by atoms with van der Waals surface area (Å²) < 4.78 is 13.4. The van der Waals surface area contributed by atoms with E-state index in [0.717, 1.165) is 45.1 Å². The molecule has 2 heterocycles. The van der Waals surface area contributed by atoms with E-state index < -0.39 is 0 Å². The first-order chi connectivity index (χ1) is 10.2. The maximum Gasteiger partial charge on any atom is 0.143 e. The van der Waals surface area contributed by atoms with Crippen LogP contribution in [0.4, 0.5) is 0 Å². The molecule has 114 valence electrons. The number of morpholine rings is 1. The average molecular weight is 288 g/mol. The number of aromatic nitrogens is 1. The molecule has 4 heteroatoms. The van der Waals surface area contributed by atoms with Crippen LogP contribution in [0.15, 0.2) is 18.2 Å². The fraction of sp³-hybridized carbons (Fsp3) is 0.529. The summed E-state index contributed by atoms with van der Waals surface area (Å²) in [5.74, 6) is 0.964. The summed E-state index contributed by atoms with van der Waals surface area (Å²) in [6.07, 6.45) is 0. The van der Waals surface area contributed by atoms with E-state index in [0.29, 0.717) is 0 Å². The lowest BCUT2D eigenvalue weighted by Crippen LogP contribution is -2.38. The Balaban J connectivity index is 1.91. The van der Waals surface area contributed by atoms with E-state index in [1.54, 1.807) is 7.11 Å². The highest BCUT2D eigenvalue weighted by atomic mass is 16.5. The number of methoxy groups -OCH3 is 1. The van der Waals surface area contributed by atoms with Crippen LogP contribution in [-0.2, 0) is 11.3 Å². The Morgan fingerprint density at radius 2 is 1.90 bits per heavy atom. The second-order valence-corrected chi connectivity index (χ2v) is 5.67. The quantitative estimate of drug-likeness (QED) is 0.865. The van der Waals surface area contributed by atoms with Crippen molar-refractivity contribution in [3.63, 3.8) is 0 Å². The van der Waals surface area contributed by atoms with Crippen molar-refractivity contribution < 1.29 is 9.47 Å². The Kier molecular flexibility index (Phi) is 4.17. The zero-order valence-corrected chi connectivity index (χ0v) is 13.2. The van der Waals surface area contributed by atoms with E-state index in [4.69, 9.17) is 9.47 Å². The molecule has 1 aromatic carbocycles. The van der Waals surface area contributed by atoms with Crippen LogP contribution >= 0.6 is 0 Å². The molecule has 0 aliphatic carbocycles. The molecule has 1 aliphatic heterocycles. The van der Waals surface area contributed by atoms with Gasteiger partial charge in [-0.15, -0.1) is 0 Å². The lowest BCUT2D eigenvalue weighted by molar-refractivity contribution is 0.0365. The van der Waals surface area contributed by atoms with Crippen molar-refractivity contribution in [2.45, 2.75) is 20.4 Å². The molecular weight excluding hydrogens is 264 g/mol. The summed E-state index contributed by atoms with van der Waals surface area (Å²) in [6.45, 7) is 10.2. The molecule has 0 amide bonds. The first kappa shape index (κ1) is 14.4. The molecular formula is C17H24N2O2. The van der Waals surface area contributed by atoms with Gasteiger partial charge in [0.1, 0.15) is 5.75 Å². The van der Waals surface area contributed by atoms with Crippen LogP contribution in [-0.4, -0.2) is 49.4 Å². The predicted molar refractivity (Wildman–Crippen MR) is 85.2 cm³/mol. The molecule has 1 saturated heterocycles. The lowest BCUT2D eigenvalue weighted by Gasteiger charge is -2.27. The minimum absolute atomic E-state index is 0.855. The number of benzene rings is 1. The molecule has 21 heavy (non-hydrogen) atoms. The van der Waals surface area contributed by atoms with Gasteiger partial charge in [-0.05, 0) is 25.5 Å². The second kappa shape index (κ2) is 6.08. The van der Waals surface area contributed by atoms with Crippen molar-refractivity contribution in [3.8, 4) is 5.75 Å². The van der Waals surface area contributed by atoms with Gasteiger partial charge in [0, 0.05) is 37.3 Å². The molecule has 0 saturated carbocycles. The van der Waals surface area contributed by atoms with E-state index in [-0.39, 0.29) is 0 Å². The highest BCUT2D eigenvalue weighted by Crippen LogP contribution is 2.32. The van der Waals surface area contributed by atoms with Gasteiger partial charge < -0.3 is 14.0 Å². The SMILES string of the molecule is COc1cccc2c(C)c(C)n(CCN3CCOCC3)c12. The molecule has 1 aliphatic rings. The number of nitrogens with zero attached hydrogens (tertiary/aromatic N) is 2. The molecule has 0 unspecified atom stereocenters. The van der Waals surface area contributed by atoms with Gasteiger partial charge in [0.2, 0.25) is 0 Å². The molecule has 4 nitrogen and oxygen atoms in total. The molecule has 2 aromatic rings. The maximum atomic E-state index is 5.57. The van der Waals surface area contributed by atoms with Crippen molar-refractivity contribution in [2.24, 2.45) is 0 Å². The second-order valence-electron chi connectivity index (χ2n) is 5.67. The van der Waals surface area contributed by atoms with Crippen LogP contribution in [0.3, 0.4) is 0 Å². The van der Waals surface area contributed by atoms with Crippen molar-refractivity contribution in [2.75, 3.05) is 40.0 Å². The summed E-state index contributed by atoms with van der Waals surface area (Å²) >= 11 is 0. The van der Waals surface area contributed by atoms with Gasteiger partial charge in [0.05, 0.1) is 25.8 Å². The van der Waals surface area contributed by atoms with Gasteiger partial charge in [-0.2, -0.15) is 0 Å². The van der Waals surface area contributed by atoms with Crippen molar-refractivity contribution in [3.05, 3.63) is 29.5 Å². The Morgan fingerprint density at radius 3 is 2.62 bits per heavy atom. The Bertz CT molecular complexity index is 627. The molecule has 3 rings (SSSR count). The van der Waals surface area contributed by atoms with Crippen molar-refractivity contribution in [1.29, 1.82) is 0 Å². The summed E-state index contributed by atoms with van der Waals surface area (Å²) in [4.78, 5) is 2.47. The molecule has 0 bridgehead atoms. The van der Waals surface area contributed by atoms with Gasteiger partial charge >= 0.3 is 0 Å². The van der Waals surface area contributed by atoms with Crippen LogP contribution in [0.1, 0.15) is 11.3 Å². The minimum atomic E-state index is 0.855. The predicted octanol–water partition coefficient (Wildman–Crippen LogP) is 2.60. The third kappa shape index (κ3) is 2.65. The zero-order valence-electron chi connectivity index (χ0n) is 13.2. The van der Waals surface area contributed by atoms with E-state index in [1.165, 1.54) is 22.2 Å². The van der Waals surface area contributed by atoms with E-state index in [1.807, 2.05) is 6.07 Å². The lowest BCUT2D eigenvalue weighted by atomic mass is 10.1. The fourth-order valence-electron chi connectivity index (χ4n) is 3.18. The van der Waals surface area contributed by atoms with Gasteiger partial charge in [-0.1, -0.05) is 12.1 Å². The first-order valence-corrected chi connectivity index (χ1v) is 7.65. The van der Waals surface area contributed by atoms with Gasteiger partial charge in [0.25, 0.3) is 0 Å². The average Bonchev–Trinajstić information content (AvgIpc) is 2.78. The number of hydrogen-bond donors (Lipinski definition) is 0. The van der Waals surface area contributed by atoms with Crippen LogP contribution in [0.2, 0.25) is 0 Å². The molecule has 0 atom stereocenters. The molecule has 0 spiro atoms. The van der Waals surface area contributed by atoms with Crippen molar-refractivity contribution >= 4 is 10.9 Å². The highest BCUT2D eigenvalue weighted by molar-refractivity contribution is 5.90. The number of aryl methyl sites for hydroxylation is 1. The summed E-state index contributed by atoms with van der Waals surface area (Å²) in [6, 6.07) is 6.30. The largest absolute Gasteiger partial charge is 0.495 e. The maximum absolute atomic E-state index is 5.57. The topological polar surface area (TPSA) is 26.6 Å². The molecule has 1 aromatic heterocycles. The van der Waals surface area contributed by atoms with Crippen LogP contribution < -0.4 is 4.74 Å². The number of fused-ring (bicyclic) bond motifs is 1. The smallest absolute Gasteiger partial charge is 0.143 e. The fourth-order valence-corrected chi connectivity index (χ4v) is 3.18. The summed E-state index contributed by atoms with van der Waals surface area (Å²) in [5, 5.41) is 1.30. The van der Waals surface area contributed by atoms with E-state index in [2.05, 4.69) is 35.4 Å². The monoisotopic (exact) mass is 288 g/mol. The molecule has 0 N–H and O–H groups in total. The van der Waals surface area contributed by atoms with Gasteiger partial charge in [-0.3, -0.25) is 4.90 Å². The minimum Gasteiger partial charge on any atom is -0.495 e. The third-order valence-corrected chi connectivity index (χ3v) is 4.58. The Labute approximate surface area is 126 Å². The van der Waals surface area contributed by atoms with Crippen LogP contribution in [0, 0.1) is 13.8 Å². The highest BCUT2D eigenvalue weighted by Gasteiger charge is 2.16. The van der Waals surface area contributed by atoms with E-state index in [9.17, 15) is 0 Å². The Morgan fingerprint density at radius 1 is 1.14 bits per heavy atom. The van der Waals surface area contributed by atoms with Gasteiger partial charge in [-0.25, -0.2) is 0 Å². The first-order valence-electron chi connectivity index (χ1n) is 7.65. The summed E-state index contributed by atoms with van der Waals surface area (Å²) in [5.41, 5.74) is 3.91. The number of para-hydroxylation sites is 1. The zero-order chi connectivity index (χ0) is 14.8. The van der Waals surface area contributed by atoms with E-state index >= 15 is 0 Å². The standard InChI is InChI=1S/C17H24N2O2/c1-13-14(2)19(8-7-18-9-11-21-12-10-18)17-15(13)5-4-6-16(17)20-3/h4-6H,7-12H2,1-3H3. The molecule has 0 radical (unpaired) electrons. The normalized spacial score (nSPS) is 16.5. The van der Waals surface area contributed by atoms with Crippen molar-refractivity contribution in [1.82, 2.24) is 9.47 Å². The van der Waals surface area contributed by atoms with Crippen LogP contribution in [0.5, 0.6) is 5.75 Å². The number of hydrogen-bond acceptors (Lipinski definition) is 3. The third-order valence-electron chi connectivity index (χ3n) is 4.58. The molecule has 1 fully saturated rings. The van der Waals surface area contributed by atoms with Crippen LogP contribution in [0.25, 0.3) is 10.9 Å².